The second-order valence-corrected chi connectivity index (χ2v) is 5.15. The molecule has 0 radical (unpaired) electrons. The number of nitrogens with one attached hydrogen (secondary N) is 1. The van der Waals surface area contributed by atoms with Crippen LogP contribution in [-0.2, 0) is 16.0 Å². The summed E-state index contributed by atoms with van der Waals surface area (Å²) in [6, 6.07) is 6.69. The van der Waals surface area contributed by atoms with Crippen LogP contribution in [0.15, 0.2) is 18.2 Å². The zero-order valence-corrected chi connectivity index (χ0v) is 12.9. The number of benzene rings is 1. The predicted molar refractivity (Wildman–Crippen MR) is 81.0 cm³/mol. The predicted octanol–water partition coefficient (Wildman–Crippen LogP) is 1.99. The topological polar surface area (TPSA) is 49.0 Å². The van der Waals surface area contributed by atoms with Crippen molar-refractivity contribution in [1.82, 2.24) is 5.32 Å². The molecule has 0 heterocycles. The van der Waals surface area contributed by atoms with Crippen molar-refractivity contribution < 1.29 is 18.9 Å². The van der Waals surface area contributed by atoms with E-state index in [4.69, 9.17) is 18.9 Å². The summed E-state index contributed by atoms with van der Waals surface area (Å²) in [5, 5.41) is 3.50. The highest BCUT2D eigenvalue weighted by atomic mass is 16.5. The standard InChI is InChI=1S/C16H25NO4/c1-18-5-7-20-15-9-13(12-17-14-3-4-14)10-16(11-15)21-8-6-19-2/h9-11,14,17H,3-8,12H2,1-2H3. The summed E-state index contributed by atoms with van der Waals surface area (Å²) in [4.78, 5) is 0. The van der Waals surface area contributed by atoms with Crippen LogP contribution in [0.3, 0.4) is 0 Å². The average Bonchev–Trinajstić information content (AvgIpc) is 3.30. The summed E-state index contributed by atoms with van der Waals surface area (Å²) in [5.41, 5.74) is 1.17. The first-order valence-corrected chi connectivity index (χ1v) is 7.42. The van der Waals surface area contributed by atoms with Crippen LogP contribution in [0.4, 0.5) is 0 Å². The van der Waals surface area contributed by atoms with E-state index in [1.54, 1.807) is 14.2 Å². The fourth-order valence-corrected chi connectivity index (χ4v) is 1.93. The second-order valence-electron chi connectivity index (χ2n) is 5.15. The van der Waals surface area contributed by atoms with Gasteiger partial charge in [0.2, 0.25) is 0 Å². The molecule has 0 aliphatic heterocycles. The number of hydrogen-bond acceptors (Lipinski definition) is 5. The molecule has 1 fully saturated rings. The van der Waals surface area contributed by atoms with Crippen LogP contribution in [-0.4, -0.2) is 46.7 Å². The van der Waals surface area contributed by atoms with Crippen LogP contribution in [0.1, 0.15) is 18.4 Å². The van der Waals surface area contributed by atoms with Gasteiger partial charge in [0.1, 0.15) is 24.7 Å². The van der Waals surface area contributed by atoms with Gasteiger partial charge < -0.3 is 24.3 Å². The van der Waals surface area contributed by atoms with Crippen LogP contribution in [0.5, 0.6) is 11.5 Å². The maximum atomic E-state index is 5.69. The van der Waals surface area contributed by atoms with Gasteiger partial charge in [0.05, 0.1) is 13.2 Å². The lowest BCUT2D eigenvalue weighted by Crippen LogP contribution is -2.15. The Hall–Kier alpha value is -1.30. The first-order valence-electron chi connectivity index (χ1n) is 7.42. The summed E-state index contributed by atoms with van der Waals surface area (Å²) in [7, 11) is 3.33. The van der Waals surface area contributed by atoms with Crippen LogP contribution in [0, 0.1) is 0 Å². The van der Waals surface area contributed by atoms with Gasteiger partial charge in [-0.15, -0.1) is 0 Å². The lowest BCUT2D eigenvalue weighted by Gasteiger charge is -2.12. The van der Waals surface area contributed by atoms with Crippen LogP contribution in [0.25, 0.3) is 0 Å². The molecule has 1 aromatic rings. The van der Waals surface area contributed by atoms with Gasteiger partial charge in [0.15, 0.2) is 0 Å². The third-order valence-corrected chi connectivity index (χ3v) is 3.22. The van der Waals surface area contributed by atoms with E-state index in [2.05, 4.69) is 5.32 Å². The molecule has 0 unspecified atom stereocenters. The molecule has 1 N–H and O–H groups in total. The molecule has 1 aliphatic rings. The maximum Gasteiger partial charge on any atom is 0.123 e. The highest BCUT2D eigenvalue weighted by Gasteiger charge is 2.20. The minimum atomic E-state index is 0.535. The molecular formula is C16H25NO4. The SMILES string of the molecule is COCCOc1cc(CNC2CC2)cc(OCCOC)c1. The average molecular weight is 295 g/mol. The van der Waals surface area contributed by atoms with Gasteiger partial charge in [-0.3, -0.25) is 0 Å². The fourth-order valence-electron chi connectivity index (χ4n) is 1.93. The Morgan fingerprint density at radius 1 is 0.905 bits per heavy atom. The smallest absolute Gasteiger partial charge is 0.123 e. The second kappa shape index (κ2) is 8.87. The van der Waals surface area contributed by atoms with E-state index in [-0.39, 0.29) is 0 Å². The lowest BCUT2D eigenvalue weighted by molar-refractivity contribution is 0.142. The Bertz CT molecular complexity index is 392. The molecule has 0 bridgehead atoms. The van der Waals surface area contributed by atoms with Gasteiger partial charge in [-0.25, -0.2) is 0 Å². The number of hydrogen-bond donors (Lipinski definition) is 1. The van der Waals surface area contributed by atoms with Gasteiger partial charge in [-0.1, -0.05) is 0 Å². The largest absolute Gasteiger partial charge is 0.491 e. The molecule has 0 aromatic heterocycles. The van der Waals surface area contributed by atoms with E-state index in [9.17, 15) is 0 Å². The number of ether oxygens (including phenoxy) is 4. The highest BCUT2D eigenvalue weighted by Crippen LogP contribution is 2.25. The monoisotopic (exact) mass is 295 g/mol. The molecule has 0 spiro atoms. The summed E-state index contributed by atoms with van der Waals surface area (Å²) in [6.45, 7) is 3.06. The molecule has 0 amide bonds. The van der Waals surface area contributed by atoms with E-state index in [1.165, 1.54) is 18.4 Å². The molecule has 21 heavy (non-hydrogen) atoms. The summed E-state index contributed by atoms with van der Waals surface area (Å²) in [6.07, 6.45) is 2.56. The van der Waals surface area contributed by atoms with E-state index >= 15 is 0 Å². The minimum Gasteiger partial charge on any atom is -0.491 e. The van der Waals surface area contributed by atoms with Gasteiger partial charge in [0, 0.05) is 32.9 Å². The Morgan fingerprint density at radius 3 is 1.95 bits per heavy atom. The van der Waals surface area contributed by atoms with E-state index in [1.807, 2.05) is 18.2 Å². The van der Waals surface area contributed by atoms with Gasteiger partial charge in [-0.05, 0) is 30.5 Å². The Morgan fingerprint density at radius 2 is 1.48 bits per heavy atom. The first kappa shape index (κ1) is 16.1. The molecule has 118 valence electrons. The third kappa shape index (κ3) is 6.33. The van der Waals surface area contributed by atoms with E-state index < -0.39 is 0 Å². The molecule has 1 aromatic carbocycles. The van der Waals surface area contributed by atoms with E-state index in [0.717, 1.165) is 18.0 Å². The summed E-state index contributed by atoms with van der Waals surface area (Å²) in [5.74, 6) is 1.63. The maximum absolute atomic E-state index is 5.69. The van der Waals surface area contributed by atoms with Crippen LogP contribution < -0.4 is 14.8 Å². The zero-order valence-electron chi connectivity index (χ0n) is 12.9. The van der Waals surface area contributed by atoms with Crippen molar-refractivity contribution in [3.05, 3.63) is 23.8 Å². The van der Waals surface area contributed by atoms with Crippen molar-refractivity contribution in [3.63, 3.8) is 0 Å². The Labute approximate surface area is 126 Å². The molecule has 1 saturated carbocycles. The summed E-state index contributed by atoms with van der Waals surface area (Å²) >= 11 is 0. The normalized spacial score (nSPS) is 14.2. The minimum absolute atomic E-state index is 0.535. The third-order valence-electron chi connectivity index (χ3n) is 3.22. The number of methoxy groups -OCH3 is 2. The van der Waals surface area contributed by atoms with E-state index in [0.29, 0.717) is 32.5 Å². The zero-order chi connectivity index (χ0) is 14.9. The van der Waals surface area contributed by atoms with Gasteiger partial charge in [-0.2, -0.15) is 0 Å². The van der Waals surface area contributed by atoms with Crippen molar-refractivity contribution in [2.24, 2.45) is 0 Å². The number of rotatable bonds is 11. The molecular weight excluding hydrogens is 270 g/mol. The van der Waals surface area contributed by atoms with Gasteiger partial charge in [0.25, 0.3) is 0 Å². The van der Waals surface area contributed by atoms with Crippen LogP contribution in [0.2, 0.25) is 0 Å². The quantitative estimate of drug-likeness (QED) is 0.633. The fraction of sp³-hybridized carbons (Fsp3) is 0.625. The van der Waals surface area contributed by atoms with Gasteiger partial charge >= 0.3 is 0 Å². The molecule has 5 nitrogen and oxygen atoms in total. The van der Waals surface area contributed by atoms with Crippen molar-refractivity contribution in [1.29, 1.82) is 0 Å². The molecule has 1 aliphatic carbocycles. The van der Waals surface area contributed by atoms with Crippen LogP contribution >= 0.6 is 0 Å². The Kier molecular flexibility index (Phi) is 6.79. The molecule has 0 atom stereocenters. The highest BCUT2D eigenvalue weighted by molar-refractivity contribution is 5.38. The summed E-state index contributed by atoms with van der Waals surface area (Å²) < 4.78 is 21.4. The van der Waals surface area contributed by atoms with Crippen molar-refractivity contribution in [3.8, 4) is 11.5 Å². The Balaban J connectivity index is 1.94. The molecule has 2 rings (SSSR count). The lowest BCUT2D eigenvalue weighted by atomic mass is 10.2. The van der Waals surface area contributed by atoms with Crippen molar-refractivity contribution >= 4 is 0 Å². The van der Waals surface area contributed by atoms with Crippen molar-refractivity contribution in [2.75, 3.05) is 40.6 Å². The molecule has 0 saturated heterocycles. The van der Waals surface area contributed by atoms with Crippen molar-refractivity contribution in [2.45, 2.75) is 25.4 Å². The first-order chi connectivity index (χ1) is 10.3. The molecule has 5 heteroatoms.